The molecule has 1 heterocycles. The third-order valence-corrected chi connectivity index (χ3v) is 4.32. The van der Waals surface area contributed by atoms with E-state index in [2.05, 4.69) is 27.7 Å². The second-order valence-corrected chi connectivity index (χ2v) is 6.67. The van der Waals surface area contributed by atoms with Crippen molar-refractivity contribution in [2.24, 2.45) is 0 Å². The van der Waals surface area contributed by atoms with Crippen LogP contribution in [0.4, 0.5) is 11.4 Å². The third kappa shape index (κ3) is 5.37. The smallest absolute Gasteiger partial charge is 0.271 e. The Kier molecular flexibility index (Phi) is 6.68. The molecule has 0 spiro atoms. The number of rotatable bonds is 9. The number of ether oxygens (including phenoxy) is 1. The SMILES string of the molecule is CCCCOc1ccc(-c2nnn(CC(=O)Nc3cc([N+](=O)[O-])ccc3C)n2)cc1. The van der Waals surface area contributed by atoms with Gasteiger partial charge in [0.05, 0.1) is 17.2 Å². The fourth-order valence-electron chi connectivity index (χ4n) is 2.64. The molecule has 0 fully saturated rings. The minimum absolute atomic E-state index is 0.0980. The van der Waals surface area contributed by atoms with E-state index in [-0.39, 0.29) is 12.2 Å². The Balaban J connectivity index is 1.62. The first-order chi connectivity index (χ1) is 14.5. The fourth-order valence-corrected chi connectivity index (χ4v) is 2.64. The predicted molar refractivity (Wildman–Crippen MR) is 110 cm³/mol. The van der Waals surface area contributed by atoms with Gasteiger partial charge < -0.3 is 10.1 Å². The number of aryl methyl sites for hydroxylation is 1. The summed E-state index contributed by atoms with van der Waals surface area (Å²) < 4.78 is 5.63. The van der Waals surface area contributed by atoms with Crippen LogP contribution in [0, 0.1) is 17.0 Å². The van der Waals surface area contributed by atoms with Crippen LogP contribution in [-0.2, 0) is 11.3 Å². The molecule has 1 amide bonds. The van der Waals surface area contributed by atoms with Gasteiger partial charge in [0.1, 0.15) is 12.3 Å². The lowest BCUT2D eigenvalue weighted by Gasteiger charge is -2.07. The molecule has 3 rings (SSSR count). The van der Waals surface area contributed by atoms with Crippen molar-refractivity contribution in [1.82, 2.24) is 20.2 Å². The Bertz CT molecular complexity index is 1030. The van der Waals surface area contributed by atoms with E-state index in [1.807, 2.05) is 24.3 Å². The number of anilines is 1. The molecule has 0 aliphatic rings. The van der Waals surface area contributed by atoms with Crippen molar-refractivity contribution in [3.05, 3.63) is 58.1 Å². The lowest BCUT2D eigenvalue weighted by Crippen LogP contribution is -2.21. The summed E-state index contributed by atoms with van der Waals surface area (Å²) in [5, 5.41) is 25.7. The van der Waals surface area contributed by atoms with Crippen LogP contribution in [0.5, 0.6) is 5.75 Å². The summed E-state index contributed by atoms with van der Waals surface area (Å²) in [7, 11) is 0. The number of nitrogens with one attached hydrogen (secondary N) is 1. The monoisotopic (exact) mass is 410 g/mol. The van der Waals surface area contributed by atoms with Gasteiger partial charge in [0.15, 0.2) is 0 Å². The molecule has 0 aliphatic carbocycles. The maximum atomic E-state index is 12.3. The van der Waals surface area contributed by atoms with Crippen molar-refractivity contribution < 1.29 is 14.5 Å². The number of nitro groups is 1. The van der Waals surface area contributed by atoms with Gasteiger partial charge in [-0.25, -0.2) is 0 Å². The first kappa shape index (κ1) is 20.9. The highest BCUT2D eigenvalue weighted by Crippen LogP contribution is 2.22. The number of non-ortho nitro benzene ring substituents is 1. The van der Waals surface area contributed by atoms with E-state index in [0.29, 0.717) is 23.7 Å². The lowest BCUT2D eigenvalue weighted by atomic mass is 10.2. The van der Waals surface area contributed by atoms with Gasteiger partial charge in [0, 0.05) is 17.7 Å². The molecule has 0 saturated heterocycles. The molecule has 3 aromatic rings. The highest BCUT2D eigenvalue weighted by Gasteiger charge is 2.13. The summed E-state index contributed by atoms with van der Waals surface area (Å²) in [6.07, 6.45) is 2.06. The Labute approximate surface area is 173 Å². The number of aromatic nitrogens is 4. The molecule has 0 atom stereocenters. The van der Waals surface area contributed by atoms with E-state index in [4.69, 9.17) is 4.74 Å². The summed E-state index contributed by atoms with van der Waals surface area (Å²) in [6.45, 7) is 4.35. The molecular formula is C20H22N6O4. The van der Waals surface area contributed by atoms with Crippen molar-refractivity contribution in [2.45, 2.75) is 33.2 Å². The Morgan fingerprint density at radius 3 is 2.70 bits per heavy atom. The Morgan fingerprint density at radius 1 is 1.23 bits per heavy atom. The zero-order valence-electron chi connectivity index (χ0n) is 16.7. The number of benzene rings is 2. The van der Waals surface area contributed by atoms with E-state index in [9.17, 15) is 14.9 Å². The zero-order valence-corrected chi connectivity index (χ0v) is 16.7. The van der Waals surface area contributed by atoms with Crippen LogP contribution >= 0.6 is 0 Å². The number of hydrogen-bond acceptors (Lipinski definition) is 7. The van der Waals surface area contributed by atoms with Gasteiger partial charge in [-0.1, -0.05) is 19.4 Å². The minimum Gasteiger partial charge on any atom is -0.494 e. The van der Waals surface area contributed by atoms with Gasteiger partial charge in [-0.15, -0.1) is 10.2 Å². The average Bonchev–Trinajstić information content (AvgIpc) is 3.18. The zero-order chi connectivity index (χ0) is 21.5. The van der Waals surface area contributed by atoms with E-state index < -0.39 is 10.8 Å². The standard InChI is InChI=1S/C20H22N6O4/c1-3-4-11-30-17-9-6-15(7-10-17)20-22-24-25(23-20)13-19(27)21-18-12-16(26(28)29)8-5-14(18)2/h5-10,12H,3-4,11,13H2,1-2H3,(H,21,27). The van der Waals surface area contributed by atoms with E-state index in [1.165, 1.54) is 16.9 Å². The molecule has 1 N–H and O–H groups in total. The summed E-state index contributed by atoms with van der Waals surface area (Å²) in [5.41, 5.74) is 1.73. The topological polar surface area (TPSA) is 125 Å². The molecule has 10 heteroatoms. The van der Waals surface area contributed by atoms with Gasteiger partial charge in [-0.3, -0.25) is 14.9 Å². The number of unbranched alkanes of at least 4 members (excludes halogenated alkanes) is 1. The van der Waals surface area contributed by atoms with Gasteiger partial charge in [0.2, 0.25) is 11.7 Å². The molecule has 0 aliphatic heterocycles. The minimum atomic E-state index is -0.513. The van der Waals surface area contributed by atoms with Crippen LogP contribution in [0.2, 0.25) is 0 Å². The fraction of sp³-hybridized carbons (Fsp3) is 0.300. The molecule has 2 aromatic carbocycles. The van der Waals surface area contributed by atoms with Gasteiger partial charge >= 0.3 is 0 Å². The number of carbonyl (C=O) groups excluding carboxylic acids is 1. The molecule has 156 valence electrons. The first-order valence-corrected chi connectivity index (χ1v) is 9.52. The number of amides is 1. The molecule has 0 saturated carbocycles. The normalized spacial score (nSPS) is 10.6. The molecule has 10 nitrogen and oxygen atoms in total. The number of nitrogens with zero attached hydrogens (tertiary/aromatic N) is 5. The second kappa shape index (κ2) is 9.59. The summed E-state index contributed by atoms with van der Waals surface area (Å²) in [5.74, 6) is 0.739. The van der Waals surface area contributed by atoms with Gasteiger partial charge in [-0.05, 0) is 48.4 Å². The maximum Gasteiger partial charge on any atom is 0.271 e. The largest absolute Gasteiger partial charge is 0.494 e. The quantitative estimate of drug-likeness (QED) is 0.326. The van der Waals surface area contributed by atoms with Crippen LogP contribution in [-0.4, -0.2) is 37.6 Å². The highest BCUT2D eigenvalue weighted by molar-refractivity contribution is 5.91. The summed E-state index contributed by atoms with van der Waals surface area (Å²) in [4.78, 5) is 23.9. The molecule has 1 aromatic heterocycles. The lowest BCUT2D eigenvalue weighted by molar-refractivity contribution is -0.384. The van der Waals surface area contributed by atoms with Gasteiger partial charge in [0.25, 0.3) is 5.69 Å². The van der Waals surface area contributed by atoms with Crippen LogP contribution in [0.3, 0.4) is 0 Å². The van der Waals surface area contributed by atoms with E-state index in [0.717, 1.165) is 24.2 Å². The van der Waals surface area contributed by atoms with Crippen molar-refractivity contribution in [3.63, 3.8) is 0 Å². The highest BCUT2D eigenvalue weighted by atomic mass is 16.6. The molecule has 0 radical (unpaired) electrons. The van der Waals surface area contributed by atoms with Crippen molar-refractivity contribution in [3.8, 4) is 17.1 Å². The summed E-state index contributed by atoms with van der Waals surface area (Å²) >= 11 is 0. The van der Waals surface area contributed by atoms with Crippen molar-refractivity contribution in [2.75, 3.05) is 11.9 Å². The van der Waals surface area contributed by atoms with Crippen LogP contribution in [0.1, 0.15) is 25.3 Å². The van der Waals surface area contributed by atoms with Crippen LogP contribution < -0.4 is 10.1 Å². The molecule has 0 unspecified atom stereocenters. The second-order valence-electron chi connectivity index (χ2n) is 6.67. The summed E-state index contributed by atoms with van der Waals surface area (Å²) in [6, 6.07) is 11.6. The number of carbonyl (C=O) groups is 1. The van der Waals surface area contributed by atoms with Gasteiger partial charge in [-0.2, -0.15) is 4.80 Å². The number of hydrogen-bond donors (Lipinski definition) is 1. The predicted octanol–water partition coefficient (Wildman–Crippen LogP) is 3.37. The Morgan fingerprint density at radius 2 is 2.00 bits per heavy atom. The van der Waals surface area contributed by atoms with Crippen LogP contribution in [0.15, 0.2) is 42.5 Å². The Hall–Kier alpha value is -3.82. The molecule has 30 heavy (non-hydrogen) atoms. The van der Waals surface area contributed by atoms with Crippen molar-refractivity contribution in [1.29, 1.82) is 0 Å². The maximum absolute atomic E-state index is 12.3. The third-order valence-electron chi connectivity index (χ3n) is 4.32. The van der Waals surface area contributed by atoms with E-state index >= 15 is 0 Å². The number of tetrazole rings is 1. The molecule has 0 bridgehead atoms. The van der Waals surface area contributed by atoms with Crippen LogP contribution in [0.25, 0.3) is 11.4 Å². The number of nitro benzene ring substituents is 1. The van der Waals surface area contributed by atoms with Crippen molar-refractivity contribution >= 4 is 17.3 Å². The van der Waals surface area contributed by atoms with E-state index in [1.54, 1.807) is 13.0 Å². The average molecular weight is 410 g/mol. The first-order valence-electron chi connectivity index (χ1n) is 9.52. The molecular weight excluding hydrogens is 388 g/mol.